The van der Waals surface area contributed by atoms with Crippen molar-refractivity contribution in [3.05, 3.63) is 35.5 Å². The number of carbonyl (C=O) groups is 1. The summed E-state index contributed by atoms with van der Waals surface area (Å²) in [5, 5.41) is 2.52. The van der Waals surface area contributed by atoms with E-state index in [1.54, 1.807) is 0 Å². The standard InChI is InChI=1S/C20H27I2N3O3S/c1-12(21)25-9-7-14(8-10-25)29(27,28)24-20(26)23-19-15-4-2-3-13(15)11-17-16(19)5-6-18(17)22/h2-4,11-12,14-16,18-19H,5-10H2,1H3,(H2,23,24,26). The quantitative estimate of drug-likeness (QED) is 0.280. The number of alkyl halides is 2. The number of fused-ring (bicyclic) bond motifs is 2. The molecule has 1 saturated heterocycles. The van der Waals surface area contributed by atoms with Gasteiger partial charge in [-0.15, -0.1) is 0 Å². The SMILES string of the molecule is CC(I)N1CCC(S(=O)(=O)NC(=O)NC2C3C=CC=C3C=C3C(I)CCC32)CC1. The minimum atomic E-state index is -3.68. The summed E-state index contributed by atoms with van der Waals surface area (Å²) < 4.78 is 28.8. The largest absolute Gasteiger partial charge is 0.333 e. The van der Waals surface area contributed by atoms with E-state index in [-0.39, 0.29) is 17.9 Å². The van der Waals surface area contributed by atoms with Gasteiger partial charge in [-0.2, -0.15) is 0 Å². The van der Waals surface area contributed by atoms with Crippen LogP contribution in [-0.4, -0.2) is 51.7 Å². The fourth-order valence-corrected chi connectivity index (χ4v) is 7.90. The lowest BCUT2D eigenvalue weighted by Crippen LogP contribution is -2.53. The average molecular weight is 643 g/mol. The van der Waals surface area contributed by atoms with Gasteiger partial charge in [-0.25, -0.2) is 17.9 Å². The van der Waals surface area contributed by atoms with Gasteiger partial charge >= 0.3 is 6.03 Å². The second-order valence-corrected chi connectivity index (χ2v) is 13.6. The van der Waals surface area contributed by atoms with Crippen LogP contribution in [0.4, 0.5) is 4.79 Å². The van der Waals surface area contributed by atoms with Crippen LogP contribution in [-0.2, 0) is 10.0 Å². The van der Waals surface area contributed by atoms with Gasteiger partial charge in [-0.1, -0.05) is 75.1 Å². The molecule has 1 heterocycles. The highest BCUT2D eigenvalue weighted by molar-refractivity contribution is 14.1. The van der Waals surface area contributed by atoms with E-state index in [0.717, 1.165) is 25.9 Å². The summed E-state index contributed by atoms with van der Waals surface area (Å²) in [6.45, 7) is 3.60. The maximum atomic E-state index is 12.8. The number of sulfonamides is 1. The lowest BCUT2D eigenvalue weighted by molar-refractivity contribution is 0.227. The van der Waals surface area contributed by atoms with Crippen LogP contribution in [0.2, 0.25) is 0 Å². The van der Waals surface area contributed by atoms with Crippen LogP contribution in [0.15, 0.2) is 35.5 Å². The van der Waals surface area contributed by atoms with Crippen LogP contribution in [0.1, 0.15) is 32.6 Å². The molecule has 0 bridgehead atoms. The highest BCUT2D eigenvalue weighted by atomic mass is 127. The molecule has 29 heavy (non-hydrogen) atoms. The molecule has 5 unspecified atom stereocenters. The Morgan fingerprint density at radius 3 is 2.66 bits per heavy atom. The molecule has 1 saturated carbocycles. The van der Waals surface area contributed by atoms with Crippen LogP contribution < -0.4 is 10.0 Å². The van der Waals surface area contributed by atoms with E-state index in [2.05, 4.69) is 85.3 Å². The molecule has 3 aliphatic carbocycles. The van der Waals surface area contributed by atoms with E-state index in [1.165, 1.54) is 11.1 Å². The molecule has 2 amide bonds. The Bertz CT molecular complexity index is 860. The minimum absolute atomic E-state index is 0.0864. The van der Waals surface area contributed by atoms with Crippen molar-refractivity contribution in [3.8, 4) is 0 Å². The van der Waals surface area contributed by atoms with Crippen molar-refractivity contribution in [1.29, 1.82) is 0 Å². The minimum Gasteiger partial charge on any atom is -0.333 e. The predicted molar refractivity (Wildman–Crippen MR) is 132 cm³/mol. The van der Waals surface area contributed by atoms with Crippen LogP contribution in [0.5, 0.6) is 0 Å². The highest BCUT2D eigenvalue weighted by Crippen LogP contribution is 2.47. The molecule has 0 aromatic rings. The van der Waals surface area contributed by atoms with E-state index in [0.29, 0.717) is 20.8 Å². The number of carbonyl (C=O) groups excluding carboxylic acids is 1. The summed E-state index contributed by atoms with van der Waals surface area (Å²) >= 11 is 4.82. The average Bonchev–Trinajstić information content (AvgIpc) is 3.28. The van der Waals surface area contributed by atoms with Crippen molar-refractivity contribution in [1.82, 2.24) is 14.9 Å². The second kappa shape index (κ2) is 8.78. The van der Waals surface area contributed by atoms with E-state index in [1.807, 2.05) is 6.08 Å². The summed E-state index contributed by atoms with van der Waals surface area (Å²) in [6.07, 6.45) is 11.8. The number of nitrogens with zero attached hydrogens (tertiary/aromatic N) is 1. The van der Waals surface area contributed by atoms with Crippen LogP contribution >= 0.6 is 45.2 Å². The third-order valence-corrected chi connectivity index (χ3v) is 10.6. The summed E-state index contributed by atoms with van der Waals surface area (Å²) in [5.41, 5.74) is 2.60. The molecule has 2 N–H and O–H groups in total. The van der Waals surface area contributed by atoms with Gasteiger partial charge in [0, 0.05) is 34.9 Å². The van der Waals surface area contributed by atoms with Crippen molar-refractivity contribution >= 4 is 61.2 Å². The molecule has 2 fully saturated rings. The Kier molecular flexibility index (Phi) is 6.68. The van der Waals surface area contributed by atoms with Gasteiger partial charge in [-0.05, 0) is 38.2 Å². The summed E-state index contributed by atoms with van der Waals surface area (Å²) in [6, 6.07) is -0.672. The molecule has 0 spiro atoms. The molecule has 4 rings (SSSR count). The van der Waals surface area contributed by atoms with E-state index in [9.17, 15) is 13.2 Å². The lowest BCUT2D eigenvalue weighted by Gasteiger charge is -2.36. The number of allylic oxidation sites excluding steroid dienone is 3. The predicted octanol–water partition coefficient (Wildman–Crippen LogP) is 3.50. The smallest absolute Gasteiger partial charge is 0.328 e. The number of halogens is 2. The fourth-order valence-electron chi connectivity index (χ4n) is 5.02. The topological polar surface area (TPSA) is 78.5 Å². The third kappa shape index (κ3) is 4.57. The van der Waals surface area contributed by atoms with Crippen LogP contribution in [0.25, 0.3) is 0 Å². The number of likely N-dealkylation sites (tertiary alicyclic amines) is 1. The molecule has 9 heteroatoms. The van der Waals surface area contributed by atoms with Gasteiger partial charge in [0.1, 0.15) is 0 Å². The Morgan fingerprint density at radius 1 is 1.24 bits per heavy atom. The zero-order valence-corrected chi connectivity index (χ0v) is 21.5. The molecule has 160 valence electrons. The number of amides is 2. The van der Waals surface area contributed by atoms with Gasteiger partial charge in [0.15, 0.2) is 0 Å². The molecule has 0 aromatic heterocycles. The Hall–Kier alpha value is -0.140. The molecule has 0 aromatic carbocycles. The number of rotatable bonds is 4. The Labute approximate surface area is 200 Å². The first kappa shape index (κ1) is 22.1. The van der Waals surface area contributed by atoms with Gasteiger partial charge in [0.2, 0.25) is 10.0 Å². The van der Waals surface area contributed by atoms with Gasteiger partial charge in [0.05, 0.1) is 9.30 Å². The first-order chi connectivity index (χ1) is 13.8. The van der Waals surface area contributed by atoms with Crippen molar-refractivity contribution in [3.63, 3.8) is 0 Å². The van der Waals surface area contributed by atoms with E-state index >= 15 is 0 Å². The molecule has 0 radical (unpaired) electrons. The summed E-state index contributed by atoms with van der Waals surface area (Å²) in [5.74, 6) is 0.413. The lowest BCUT2D eigenvalue weighted by atomic mass is 9.76. The van der Waals surface area contributed by atoms with Crippen LogP contribution in [0.3, 0.4) is 0 Å². The summed E-state index contributed by atoms with van der Waals surface area (Å²) in [4.78, 5) is 15.0. The molecular weight excluding hydrogens is 616 g/mol. The maximum Gasteiger partial charge on any atom is 0.328 e. The maximum absolute atomic E-state index is 12.8. The van der Waals surface area contributed by atoms with E-state index in [4.69, 9.17) is 0 Å². The van der Waals surface area contributed by atoms with Crippen molar-refractivity contribution in [2.45, 2.75) is 51.9 Å². The molecule has 1 aliphatic heterocycles. The molecule has 5 atom stereocenters. The molecular formula is C20H27I2N3O3S. The first-order valence-corrected chi connectivity index (χ1v) is 14.2. The third-order valence-electron chi connectivity index (χ3n) is 6.62. The molecule has 4 aliphatic rings. The zero-order chi connectivity index (χ0) is 20.8. The number of hydrogen-bond acceptors (Lipinski definition) is 4. The zero-order valence-electron chi connectivity index (χ0n) is 16.4. The van der Waals surface area contributed by atoms with Gasteiger partial charge < -0.3 is 5.32 Å². The monoisotopic (exact) mass is 643 g/mol. The molecule has 6 nitrogen and oxygen atoms in total. The Morgan fingerprint density at radius 2 is 1.97 bits per heavy atom. The Balaban J connectivity index is 1.41. The van der Waals surface area contributed by atoms with Crippen molar-refractivity contribution < 1.29 is 13.2 Å². The van der Waals surface area contributed by atoms with Crippen molar-refractivity contribution in [2.75, 3.05) is 13.1 Å². The first-order valence-electron chi connectivity index (χ1n) is 10.2. The highest BCUT2D eigenvalue weighted by Gasteiger charge is 2.43. The van der Waals surface area contributed by atoms with Gasteiger partial charge in [0.25, 0.3) is 0 Å². The van der Waals surface area contributed by atoms with Gasteiger partial charge in [-0.3, -0.25) is 4.90 Å². The number of nitrogens with one attached hydrogen (secondary N) is 2. The van der Waals surface area contributed by atoms with E-state index < -0.39 is 21.3 Å². The second-order valence-electron chi connectivity index (χ2n) is 8.33. The van der Waals surface area contributed by atoms with Crippen molar-refractivity contribution in [2.24, 2.45) is 11.8 Å². The summed E-state index contributed by atoms with van der Waals surface area (Å²) in [7, 11) is -3.68. The normalized spacial score (nSPS) is 33.5. The van der Waals surface area contributed by atoms with Crippen LogP contribution in [0, 0.1) is 11.8 Å². The number of urea groups is 1. The number of piperidine rings is 1. The fraction of sp³-hybridized carbons (Fsp3) is 0.650. The number of hydrogen-bond donors (Lipinski definition) is 2.